The molecule has 0 bridgehead atoms. The minimum Gasteiger partial charge on any atom is -0.353 e. The van der Waals surface area contributed by atoms with E-state index in [1.807, 2.05) is 32.6 Å². The first-order valence-electron chi connectivity index (χ1n) is 8.50. The molecule has 1 fully saturated rings. The molecule has 0 spiro atoms. The third-order valence-electron chi connectivity index (χ3n) is 4.31. The predicted molar refractivity (Wildman–Crippen MR) is 93.8 cm³/mol. The average Bonchev–Trinajstić information content (AvgIpc) is 2.44. The van der Waals surface area contributed by atoms with Gasteiger partial charge in [-0.2, -0.15) is 0 Å². The molecule has 5 nitrogen and oxygen atoms in total. The van der Waals surface area contributed by atoms with Crippen molar-refractivity contribution in [3.05, 3.63) is 17.1 Å². The minimum atomic E-state index is -0.312. The molecule has 23 heavy (non-hydrogen) atoms. The van der Waals surface area contributed by atoms with Crippen molar-refractivity contribution in [2.45, 2.75) is 54.4 Å². The third-order valence-corrected chi connectivity index (χ3v) is 4.31. The quantitative estimate of drug-likeness (QED) is 0.841. The van der Waals surface area contributed by atoms with E-state index in [4.69, 9.17) is 4.98 Å². The van der Waals surface area contributed by atoms with Crippen molar-refractivity contribution < 1.29 is 4.79 Å². The molecule has 1 amide bonds. The van der Waals surface area contributed by atoms with Crippen LogP contribution in [0, 0.1) is 19.3 Å². The van der Waals surface area contributed by atoms with Gasteiger partial charge in [-0.25, -0.2) is 9.97 Å². The molecule has 0 N–H and O–H groups in total. The molecule has 5 heteroatoms. The van der Waals surface area contributed by atoms with Gasteiger partial charge in [0.15, 0.2) is 0 Å². The normalized spacial score (nSPS) is 16.2. The Balaban J connectivity index is 2.19. The molecule has 1 aliphatic rings. The first-order valence-corrected chi connectivity index (χ1v) is 8.50. The Morgan fingerprint density at radius 2 is 1.61 bits per heavy atom. The van der Waals surface area contributed by atoms with Crippen molar-refractivity contribution in [2.24, 2.45) is 5.41 Å². The molecule has 2 rings (SSSR count). The van der Waals surface area contributed by atoms with Gasteiger partial charge in [0, 0.05) is 42.9 Å². The lowest BCUT2D eigenvalue weighted by Gasteiger charge is -2.39. The fraction of sp³-hybridized carbons (Fsp3) is 0.722. The van der Waals surface area contributed by atoms with Crippen molar-refractivity contribution in [3.63, 3.8) is 0 Å². The summed E-state index contributed by atoms with van der Waals surface area (Å²) in [6.07, 6.45) is 0. The molecule has 0 atom stereocenters. The smallest absolute Gasteiger partial charge is 0.228 e. The first-order chi connectivity index (χ1) is 10.6. The zero-order valence-corrected chi connectivity index (χ0v) is 15.6. The van der Waals surface area contributed by atoms with Gasteiger partial charge >= 0.3 is 0 Å². The molecule has 128 valence electrons. The van der Waals surface area contributed by atoms with E-state index in [0.29, 0.717) is 5.92 Å². The number of hydrogen-bond acceptors (Lipinski definition) is 4. The summed E-state index contributed by atoms with van der Waals surface area (Å²) in [4.78, 5) is 25.9. The van der Waals surface area contributed by atoms with Crippen LogP contribution in [0.1, 0.15) is 57.6 Å². The van der Waals surface area contributed by atoms with E-state index in [9.17, 15) is 4.79 Å². The third kappa shape index (κ3) is 3.82. The van der Waals surface area contributed by atoms with Crippen LogP contribution >= 0.6 is 0 Å². The van der Waals surface area contributed by atoms with E-state index < -0.39 is 0 Å². The molecule has 1 aromatic rings. The lowest BCUT2D eigenvalue weighted by Crippen LogP contribution is -2.52. The molecule has 0 saturated carbocycles. The van der Waals surface area contributed by atoms with Crippen LogP contribution in [-0.4, -0.2) is 47.0 Å². The predicted octanol–water partition coefficient (Wildman–Crippen LogP) is 2.91. The highest BCUT2D eigenvalue weighted by atomic mass is 16.2. The zero-order chi connectivity index (χ0) is 17.4. The summed E-state index contributed by atoms with van der Waals surface area (Å²) < 4.78 is 0. The Bertz CT molecular complexity index is 581. The summed E-state index contributed by atoms with van der Waals surface area (Å²) in [5, 5.41) is 0. The molecular formula is C18H30N4O. The lowest BCUT2D eigenvalue weighted by atomic mass is 9.94. The fourth-order valence-electron chi connectivity index (χ4n) is 3.22. The van der Waals surface area contributed by atoms with E-state index in [1.54, 1.807) is 0 Å². The van der Waals surface area contributed by atoms with Gasteiger partial charge in [0.2, 0.25) is 5.91 Å². The first kappa shape index (κ1) is 17.7. The van der Waals surface area contributed by atoms with Gasteiger partial charge < -0.3 is 9.80 Å². The maximum absolute atomic E-state index is 12.4. The summed E-state index contributed by atoms with van der Waals surface area (Å²) in [6, 6.07) is 0. The molecule has 1 saturated heterocycles. The van der Waals surface area contributed by atoms with Crippen LogP contribution in [0.2, 0.25) is 0 Å². The summed E-state index contributed by atoms with van der Waals surface area (Å²) in [7, 11) is 0. The molecule has 0 aliphatic carbocycles. The summed E-state index contributed by atoms with van der Waals surface area (Å²) >= 11 is 0. The van der Waals surface area contributed by atoms with Crippen LogP contribution in [-0.2, 0) is 4.79 Å². The topological polar surface area (TPSA) is 49.3 Å². The Hall–Kier alpha value is -1.65. The van der Waals surface area contributed by atoms with Gasteiger partial charge in [0.05, 0.1) is 0 Å². The van der Waals surface area contributed by atoms with Crippen LogP contribution in [0.3, 0.4) is 0 Å². The zero-order valence-electron chi connectivity index (χ0n) is 15.6. The van der Waals surface area contributed by atoms with Gasteiger partial charge in [-0.3, -0.25) is 4.79 Å². The Kier molecular flexibility index (Phi) is 4.97. The Labute approximate surface area is 140 Å². The van der Waals surface area contributed by atoms with Crippen molar-refractivity contribution in [3.8, 4) is 0 Å². The molecule has 0 aromatic carbocycles. The molecule has 0 unspecified atom stereocenters. The fourth-order valence-corrected chi connectivity index (χ4v) is 3.22. The number of piperazine rings is 1. The van der Waals surface area contributed by atoms with Gasteiger partial charge in [0.25, 0.3) is 0 Å². The van der Waals surface area contributed by atoms with E-state index in [-0.39, 0.29) is 11.3 Å². The second-order valence-electron chi connectivity index (χ2n) is 7.78. The molecule has 1 aliphatic heterocycles. The van der Waals surface area contributed by atoms with Crippen LogP contribution in [0.25, 0.3) is 0 Å². The highest BCUT2D eigenvalue weighted by Gasteiger charge is 2.31. The number of rotatable bonds is 2. The Morgan fingerprint density at radius 3 is 2.09 bits per heavy atom. The van der Waals surface area contributed by atoms with Crippen molar-refractivity contribution in [1.82, 2.24) is 14.9 Å². The number of amides is 1. The second-order valence-corrected chi connectivity index (χ2v) is 7.78. The van der Waals surface area contributed by atoms with Crippen LogP contribution < -0.4 is 4.90 Å². The number of nitrogens with zero attached hydrogens (tertiary/aromatic N) is 4. The van der Waals surface area contributed by atoms with Gasteiger partial charge in [0.1, 0.15) is 11.6 Å². The van der Waals surface area contributed by atoms with Crippen molar-refractivity contribution >= 4 is 11.7 Å². The SMILES string of the molecule is Cc1nc(C)c(C(C)C)c(N2CCN(C(=O)C(C)(C)C)CC2)n1. The van der Waals surface area contributed by atoms with Crippen molar-refractivity contribution in [2.75, 3.05) is 31.1 Å². The maximum Gasteiger partial charge on any atom is 0.228 e. The maximum atomic E-state index is 12.4. The number of aryl methyl sites for hydroxylation is 2. The van der Waals surface area contributed by atoms with E-state index in [0.717, 1.165) is 43.5 Å². The number of anilines is 1. The van der Waals surface area contributed by atoms with Crippen LogP contribution in [0.4, 0.5) is 5.82 Å². The Morgan fingerprint density at radius 1 is 1.04 bits per heavy atom. The highest BCUT2D eigenvalue weighted by Crippen LogP contribution is 2.29. The molecule has 1 aromatic heterocycles. The van der Waals surface area contributed by atoms with Crippen LogP contribution in [0.15, 0.2) is 0 Å². The second kappa shape index (κ2) is 6.46. The summed E-state index contributed by atoms with van der Waals surface area (Å²) in [5.74, 6) is 2.49. The van der Waals surface area contributed by atoms with Gasteiger partial charge in [-0.05, 0) is 19.8 Å². The standard InChI is InChI=1S/C18H30N4O/c1-12(2)15-13(3)19-14(4)20-16(15)21-8-10-22(11-9-21)17(23)18(5,6)7/h12H,8-11H2,1-7H3. The highest BCUT2D eigenvalue weighted by molar-refractivity contribution is 5.81. The van der Waals surface area contributed by atoms with E-state index >= 15 is 0 Å². The van der Waals surface area contributed by atoms with Crippen molar-refractivity contribution in [1.29, 1.82) is 0 Å². The minimum absolute atomic E-state index is 0.233. The van der Waals surface area contributed by atoms with E-state index in [2.05, 4.69) is 30.7 Å². The molecular weight excluding hydrogens is 288 g/mol. The monoisotopic (exact) mass is 318 g/mol. The van der Waals surface area contributed by atoms with Gasteiger partial charge in [-0.1, -0.05) is 34.6 Å². The van der Waals surface area contributed by atoms with E-state index in [1.165, 1.54) is 5.56 Å². The summed E-state index contributed by atoms with van der Waals surface area (Å²) in [6.45, 7) is 17.5. The lowest BCUT2D eigenvalue weighted by molar-refractivity contribution is -0.139. The number of aromatic nitrogens is 2. The number of hydrogen-bond donors (Lipinski definition) is 0. The number of carbonyl (C=O) groups is 1. The molecule has 2 heterocycles. The molecule has 0 radical (unpaired) electrons. The van der Waals surface area contributed by atoms with Crippen LogP contribution in [0.5, 0.6) is 0 Å². The largest absolute Gasteiger partial charge is 0.353 e. The summed E-state index contributed by atoms with van der Waals surface area (Å²) in [5.41, 5.74) is 1.98. The van der Waals surface area contributed by atoms with Gasteiger partial charge in [-0.15, -0.1) is 0 Å². The number of carbonyl (C=O) groups excluding carboxylic acids is 1. The average molecular weight is 318 g/mol.